The van der Waals surface area contributed by atoms with Gasteiger partial charge in [-0.2, -0.15) is 0 Å². The van der Waals surface area contributed by atoms with E-state index < -0.39 is 0 Å². The van der Waals surface area contributed by atoms with E-state index >= 15 is 0 Å². The largest absolute Gasteiger partial charge is 0.490 e. The van der Waals surface area contributed by atoms with E-state index in [2.05, 4.69) is 10.6 Å². The lowest BCUT2D eigenvalue weighted by atomic mass is 10.2. The topological polar surface area (TPSA) is 59.6 Å². The molecule has 6 heteroatoms. The van der Waals surface area contributed by atoms with E-state index in [-0.39, 0.29) is 11.8 Å². The van der Waals surface area contributed by atoms with Gasteiger partial charge < -0.3 is 20.1 Å². The van der Waals surface area contributed by atoms with Gasteiger partial charge in [0.2, 0.25) is 5.91 Å². The van der Waals surface area contributed by atoms with Crippen LogP contribution in [0, 0.1) is 5.92 Å². The number of nitrogens with one attached hydrogen (secondary N) is 2. The highest BCUT2D eigenvalue weighted by Crippen LogP contribution is 2.36. The van der Waals surface area contributed by atoms with Gasteiger partial charge >= 0.3 is 0 Å². The molecule has 2 rings (SSSR count). The highest BCUT2D eigenvalue weighted by atomic mass is 35.5. The average molecular weight is 391 g/mol. The van der Waals surface area contributed by atoms with E-state index in [1.807, 2.05) is 64.1 Å². The molecule has 0 aliphatic heterocycles. The molecule has 0 fully saturated rings. The van der Waals surface area contributed by atoms with Crippen molar-refractivity contribution in [1.29, 1.82) is 0 Å². The Morgan fingerprint density at radius 1 is 1.04 bits per heavy atom. The first-order valence-electron chi connectivity index (χ1n) is 9.17. The highest BCUT2D eigenvalue weighted by molar-refractivity contribution is 6.32. The Bertz CT molecular complexity index is 761. The number of halogens is 1. The third kappa shape index (κ3) is 6.07. The summed E-state index contributed by atoms with van der Waals surface area (Å²) in [6.45, 7) is 9.22. The molecule has 27 heavy (non-hydrogen) atoms. The molecule has 1 amide bonds. The quantitative estimate of drug-likeness (QED) is 0.606. The lowest BCUT2D eigenvalue weighted by molar-refractivity contribution is -0.118. The summed E-state index contributed by atoms with van der Waals surface area (Å²) in [6.07, 6.45) is 0. The van der Waals surface area contributed by atoms with Crippen molar-refractivity contribution in [2.24, 2.45) is 5.92 Å². The summed E-state index contributed by atoms with van der Waals surface area (Å²) in [6, 6.07) is 11.4. The fourth-order valence-electron chi connectivity index (χ4n) is 2.43. The lowest BCUT2D eigenvalue weighted by Gasteiger charge is -2.15. The van der Waals surface area contributed by atoms with E-state index in [0.29, 0.717) is 36.3 Å². The number of benzene rings is 2. The van der Waals surface area contributed by atoms with Crippen LogP contribution in [0.5, 0.6) is 11.5 Å². The second kappa shape index (κ2) is 10.1. The first-order valence-corrected chi connectivity index (χ1v) is 9.55. The molecule has 0 saturated heterocycles. The maximum atomic E-state index is 11.7. The zero-order valence-electron chi connectivity index (χ0n) is 16.3. The fraction of sp³-hybridized carbons (Fsp3) is 0.381. The van der Waals surface area contributed by atoms with Crippen LogP contribution in [-0.2, 0) is 11.3 Å². The summed E-state index contributed by atoms with van der Waals surface area (Å²) in [5.41, 5.74) is 2.71. The molecule has 0 aliphatic carbocycles. The molecule has 146 valence electrons. The van der Waals surface area contributed by atoms with Crippen molar-refractivity contribution in [3.8, 4) is 11.5 Å². The Balaban J connectivity index is 2.04. The van der Waals surface area contributed by atoms with Gasteiger partial charge in [0.1, 0.15) is 0 Å². The first-order chi connectivity index (χ1) is 12.9. The number of carbonyl (C=O) groups excluding carboxylic acids is 1. The highest BCUT2D eigenvalue weighted by Gasteiger charge is 2.12. The normalized spacial score (nSPS) is 10.6. The second-order valence-corrected chi connectivity index (χ2v) is 6.75. The fourth-order valence-corrected chi connectivity index (χ4v) is 2.72. The molecule has 0 aliphatic rings. The Hall–Kier alpha value is -2.40. The lowest BCUT2D eigenvalue weighted by Crippen LogP contribution is -2.17. The van der Waals surface area contributed by atoms with Gasteiger partial charge in [0.15, 0.2) is 11.5 Å². The summed E-state index contributed by atoms with van der Waals surface area (Å²) < 4.78 is 11.2. The average Bonchev–Trinajstić information content (AvgIpc) is 2.64. The van der Waals surface area contributed by atoms with Crippen molar-refractivity contribution in [2.75, 3.05) is 23.8 Å². The predicted molar refractivity (Wildman–Crippen MR) is 111 cm³/mol. The molecule has 0 aromatic heterocycles. The molecule has 0 saturated carbocycles. The van der Waals surface area contributed by atoms with Gasteiger partial charge in [-0.05, 0) is 55.8 Å². The predicted octanol–water partition coefficient (Wildman–Crippen LogP) is 5.34. The zero-order valence-corrected chi connectivity index (χ0v) is 17.0. The van der Waals surface area contributed by atoms with E-state index in [1.54, 1.807) is 0 Å². The van der Waals surface area contributed by atoms with Crippen LogP contribution in [-0.4, -0.2) is 19.1 Å². The maximum Gasteiger partial charge on any atom is 0.226 e. The van der Waals surface area contributed by atoms with Crippen LogP contribution in [0.25, 0.3) is 0 Å². The van der Waals surface area contributed by atoms with Gasteiger partial charge in [0, 0.05) is 23.8 Å². The smallest absolute Gasteiger partial charge is 0.226 e. The Kier molecular flexibility index (Phi) is 7.80. The second-order valence-electron chi connectivity index (χ2n) is 6.35. The van der Waals surface area contributed by atoms with Crippen LogP contribution in [0.2, 0.25) is 5.02 Å². The number of ether oxygens (including phenoxy) is 2. The summed E-state index contributed by atoms with van der Waals surface area (Å²) in [7, 11) is 0. The van der Waals surface area contributed by atoms with E-state index in [4.69, 9.17) is 21.1 Å². The van der Waals surface area contributed by atoms with E-state index in [1.165, 1.54) is 0 Å². The van der Waals surface area contributed by atoms with Gasteiger partial charge in [-0.15, -0.1) is 0 Å². The van der Waals surface area contributed by atoms with Gasteiger partial charge in [0.25, 0.3) is 0 Å². The molecule has 0 spiro atoms. The number of rotatable bonds is 9. The van der Waals surface area contributed by atoms with Crippen LogP contribution in [0.1, 0.15) is 33.3 Å². The molecular formula is C21H27ClN2O3. The minimum absolute atomic E-state index is 0.00296. The van der Waals surface area contributed by atoms with Crippen molar-refractivity contribution < 1.29 is 14.3 Å². The zero-order chi connectivity index (χ0) is 19.8. The molecule has 0 unspecified atom stereocenters. The summed E-state index contributed by atoms with van der Waals surface area (Å²) in [4.78, 5) is 11.7. The number of hydrogen-bond acceptors (Lipinski definition) is 4. The van der Waals surface area contributed by atoms with Gasteiger partial charge in [-0.1, -0.05) is 25.4 Å². The van der Waals surface area contributed by atoms with Crippen molar-refractivity contribution in [3.05, 3.63) is 47.0 Å². The van der Waals surface area contributed by atoms with Crippen LogP contribution in [0.4, 0.5) is 11.4 Å². The summed E-state index contributed by atoms with van der Waals surface area (Å²) >= 11 is 6.35. The minimum atomic E-state index is -0.0493. The van der Waals surface area contributed by atoms with Crippen LogP contribution >= 0.6 is 11.6 Å². The Morgan fingerprint density at radius 2 is 1.67 bits per heavy atom. The molecule has 0 heterocycles. The Morgan fingerprint density at radius 3 is 2.26 bits per heavy atom. The summed E-state index contributed by atoms with van der Waals surface area (Å²) in [5.74, 6) is 1.18. The SMILES string of the molecule is CCOc1cc(CNc2ccc(NC(=O)C(C)C)cc2)cc(Cl)c1OCC. The molecule has 5 nitrogen and oxygen atoms in total. The molecule has 2 N–H and O–H groups in total. The number of anilines is 2. The molecule has 0 atom stereocenters. The monoisotopic (exact) mass is 390 g/mol. The third-order valence-electron chi connectivity index (χ3n) is 3.83. The maximum absolute atomic E-state index is 11.7. The van der Waals surface area contributed by atoms with Crippen LogP contribution < -0.4 is 20.1 Å². The standard InChI is InChI=1S/C21H27ClN2O3/c1-5-26-19-12-15(11-18(22)20(19)27-6-2)13-23-16-7-9-17(10-8-16)24-21(25)14(3)4/h7-12,14,23H,5-6,13H2,1-4H3,(H,24,25). The van der Waals surface area contributed by atoms with Crippen molar-refractivity contribution in [1.82, 2.24) is 0 Å². The van der Waals surface area contributed by atoms with Crippen molar-refractivity contribution in [2.45, 2.75) is 34.2 Å². The van der Waals surface area contributed by atoms with E-state index in [9.17, 15) is 4.79 Å². The van der Waals surface area contributed by atoms with Crippen molar-refractivity contribution >= 4 is 28.9 Å². The van der Waals surface area contributed by atoms with Crippen LogP contribution in [0.15, 0.2) is 36.4 Å². The van der Waals surface area contributed by atoms with Gasteiger partial charge in [0.05, 0.1) is 18.2 Å². The molecular weight excluding hydrogens is 364 g/mol. The molecule has 0 bridgehead atoms. The van der Waals surface area contributed by atoms with E-state index in [0.717, 1.165) is 16.9 Å². The molecule has 2 aromatic carbocycles. The Labute approximate surface area is 166 Å². The molecule has 2 aromatic rings. The van der Waals surface area contributed by atoms with Gasteiger partial charge in [-0.25, -0.2) is 0 Å². The molecule has 0 radical (unpaired) electrons. The third-order valence-corrected chi connectivity index (χ3v) is 4.11. The minimum Gasteiger partial charge on any atom is -0.490 e. The van der Waals surface area contributed by atoms with Crippen LogP contribution in [0.3, 0.4) is 0 Å². The van der Waals surface area contributed by atoms with Crippen molar-refractivity contribution in [3.63, 3.8) is 0 Å². The number of amides is 1. The number of hydrogen-bond donors (Lipinski definition) is 2. The number of carbonyl (C=O) groups is 1. The first kappa shape index (κ1) is 20.9. The summed E-state index contributed by atoms with van der Waals surface area (Å²) in [5, 5.41) is 6.75. The van der Waals surface area contributed by atoms with Gasteiger partial charge in [-0.3, -0.25) is 4.79 Å².